The summed E-state index contributed by atoms with van der Waals surface area (Å²) in [5.41, 5.74) is 3.25. The fourth-order valence-electron chi connectivity index (χ4n) is 4.46. The number of hydroxylamine groups is 2. The molecule has 2 aromatic carbocycles. The van der Waals surface area contributed by atoms with Gasteiger partial charge in [0, 0.05) is 37.5 Å². The zero-order valence-corrected chi connectivity index (χ0v) is 27.6. The molecule has 1 aliphatic carbocycles. The normalized spacial score (nSPS) is 15.9. The van der Waals surface area contributed by atoms with Crippen molar-refractivity contribution < 1.29 is 21.9 Å². The van der Waals surface area contributed by atoms with Crippen molar-refractivity contribution in [2.24, 2.45) is 13.0 Å². The number of fused-ring (bicyclic) bond motifs is 1. The fourth-order valence-corrected chi connectivity index (χ4v) is 6.03. The molecule has 0 bridgehead atoms. The third-order valence-corrected chi connectivity index (χ3v) is 10.1. The predicted octanol–water partition coefficient (Wildman–Crippen LogP) is 7.33. The molecule has 1 unspecified atom stereocenters. The van der Waals surface area contributed by atoms with Crippen molar-refractivity contribution in [1.82, 2.24) is 19.3 Å². The second-order valence-electron chi connectivity index (χ2n) is 11.4. The van der Waals surface area contributed by atoms with Crippen LogP contribution in [-0.2, 0) is 30.2 Å². The SMILES string of the molecule is CC1CC(Br)=CC=C1N([O-])Cc1cc2nc(Nc3cc(CNS(=O)(=O)C(C)(C)C)ccc3Cl)n(C)c2cc1OCC(F)F. The van der Waals surface area contributed by atoms with Crippen LogP contribution >= 0.6 is 27.5 Å². The number of sulfonamides is 1. The van der Waals surface area contributed by atoms with Crippen LogP contribution in [0.5, 0.6) is 5.75 Å². The number of nitrogens with one attached hydrogen (secondary N) is 2. The lowest BCUT2D eigenvalue weighted by Crippen LogP contribution is -2.38. The van der Waals surface area contributed by atoms with Crippen molar-refractivity contribution in [3.05, 3.63) is 74.0 Å². The molecular weight excluding hydrogens is 668 g/mol. The quantitative estimate of drug-likeness (QED) is 0.201. The second kappa shape index (κ2) is 13.1. The van der Waals surface area contributed by atoms with Gasteiger partial charge in [-0.15, -0.1) is 0 Å². The number of halogens is 4. The van der Waals surface area contributed by atoms with Crippen LogP contribution < -0.4 is 14.8 Å². The number of hydrogen-bond acceptors (Lipinski definition) is 7. The average Bonchev–Trinajstić information content (AvgIpc) is 3.20. The highest BCUT2D eigenvalue weighted by Crippen LogP contribution is 2.35. The molecule has 4 rings (SSSR count). The average molecular weight is 702 g/mol. The van der Waals surface area contributed by atoms with E-state index >= 15 is 0 Å². The van der Waals surface area contributed by atoms with Crippen molar-refractivity contribution >= 4 is 60.2 Å². The van der Waals surface area contributed by atoms with E-state index in [0.717, 1.165) is 9.55 Å². The molecule has 14 heteroatoms. The van der Waals surface area contributed by atoms with Crippen LogP contribution in [0.2, 0.25) is 5.02 Å². The summed E-state index contributed by atoms with van der Waals surface area (Å²) in [5, 5.41) is 17.6. The number of ether oxygens (including phenoxy) is 1. The Balaban J connectivity index is 1.64. The maximum Gasteiger partial charge on any atom is 0.272 e. The maximum absolute atomic E-state index is 13.2. The smallest absolute Gasteiger partial charge is 0.272 e. The van der Waals surface area contributed by atoms with Crippen molar-refractivity contribution in [1.29, 1.82) is 0 Å². The van der Waals surface area contributed by atoms with Gasteiger partial charge in [-0.3, -0.25) is 0 Å². The van der Waals surface area contributed by atoms with E-state index in [1.54, 1.807) is 68.8 Å². The first-order chi connectivity index (χ1) is 20.1. The topological polar surface area (TPSA) is 112 Å². The lowest BCUT2D eigenvalue weighted by Gasteiger charge is -2.38. The highest BCUT2D eigenvalue weighted by atomic mass is 79.9. The maximum atomic E-state index is 13.2. The van der Waals surface area contributed by atoms with Crippen molar-refractivity contribution in [3.8, 4) is 5.75 Å². The van der Waals surface area contributed by atoms with E-state index in [-0.39, 0.29) is 24.8 Å². The molecule has 0 saturated heterocycles. The third kappa shape index (κ3) is 7.88. The first kappa shape index (κ1) is 33.2. The Morgan fingerprint density at radius 1 is 1.26 bits per heavy atom. The minimum atomic E-state index is -3.55. The van der Waals surface area contributed by atoms with Gasteiger partial charge in [-0.25, -0.2) is 26.9 Å². The number of anilines is 2. The van der Waals surface area contributed by atoms with Gasteiger partial charge >= 0.3 is 0 Å². The molecule has 0 radical (unpaired) electrons. The van der Waals surface area contributed by atoms with E-state index in [4.69, 9.17) is 16.3 Å². The molecule has 234 valence electrons. The zero-order valence-electron chi connectivity index (χ0n) is 24.4. The van der Waals surface area contributed by atoms with E-state index in [1.807, 2.05) is 13.0 Å². The van der Waals surface area contributed by atoms with Crippen LogP contribution in [0.4, 0.5) is 20.4 Å². The van der Waals surface area contributed by atoms with E-state index in [9.17, 15) is 22.4 Å². The van der Waals surface area contributed by atoms with Crippen molar-refractivity contribution in [3.63, 3.8) is 0 Å². The van der Waals surface area contributed by atoms with Crippen molar-refractivity contribution in [2.75, 3.05) is 11.9 Å². The minimum Gasteiger partial charge on any atom is -0.758 e. The number of rotatable bonds is 11. The standard InChI is InChI=1S/C29H34BrClF2N5O4S/c1-17-10-20(30)7-9-24(17)38(39)15-19-12-23-25(13-26(19)42-16-27(32)33)37(5)28(36-23)35-22-11-18(6-8-21(22)31)14-34-43(40,41)29(2,3)4/h6-9,11-13,17,27,34H,10,14-16H2,1-5H3,(H,35,36)/q-1. The molecule has 0 fully saturated rings. The minimum absolute atomic E-state index is 0.0269. The second-order valence-corrected chi connectivity index (χ2v) is 15.3. The van der Waals surface area contributed by atoms with Gasteiger partial charge in [-0.1, -0.05) is 46.6 Å². The lowest BCUT2D eigenvalue weighted by atomic mass is 9.98. The van der Waals surface area contributed by atoms with Gasteiger partial charge in [0.05, 0.1) is 26.5 Å². The summed E-state index contributed by atoms with van der Waals surface area (Å²) in [6.45, 7) is 5.91. The van der Waals surface area contributed by atoms with Crippen LogP contribution in [0, 0.1) is 11.1 Å². The largest absolute Gasteiger partial charge is 0.758 e. The molecule has 0 saturated carbocycles. The first-order valence-electron chi connectivity index (χ1n) is 13.5. The number of alkyl halides is 2. The summed E-state index contributed by atoms with van der Waals surface area (Å²) in [7, 11) is -1.82. The van der Waals surface area contributed by atoms with Crippen LogP contribution in [0.15, 0.2) is 52.7 Å². The number of nitrogens with zero attached hydrogens (tertiary/aromatic N) is 3. The highest BCUT2D eigenvalue weighted by molar-refractivity contribution is 9.11. The van der Waals surface area contributed by atoms with Gasteiger partial charge in [0.25, 0.3) is 6.43 Å². The molecule has 1 atom stereocenters. The fraction of sp³-hybridized carbons (Fsp3) is 0.414. The summed E-state index contributed by atoms with van der Waals surface area (Å²) >= 11 is 9.91. The molecule has 0 amide bonds. The number of benzene rings is 2. The molecule has 0 spiro atoms. The van der Waals surface area contributed by atoms with E-state index in [1.165, 1.54) is 0 Å². The lowest BCUT2D eigenvalue weighted by molar-refractivity contribution is 0.0812. The Labute approximate surface area is 263 Å². The highest BCUT2D eigenvalue weighted by Gasteiger charge is 2.28. The van der Waals surface area contributed by atoms with Crippen LogP contribution in [-0.4, -0.2) is 40.8 Å². The Morgan fingerprint density at radius 3 is 2.63 bits per heavy atom. The number of hydrogen-bond donors (Lipinski definition) is 2. The van der Waals surface area contributed by atoms with Gasteiger partial charge in [0.1, 0.15) is 12.4 Å². The molecular formula is C29H34BrClF2N5O4S-. The third-order valence-electron chi connectivity index (χ3n) is 7.02. The molecule has 2 N–H and O–H groups in total. The Morgan fingerprint density at radius 2 is 1.98 bits per heavy atom. The summed E-state index contributed by atoms with van der Waals surface area (Å²) in [6.07, 6.45) is 1.56. The molecule has 1 heterocycles. The van der Waals surface area contributed by atoms with Crippen LogP contribution in [0.1, 0.15) is 45.2 Å². The van der Waals surface area contributed by atoms with Gasteiger partial charge in [0.15, 0.2) is 0 Å². The number of allylic oxidation sites excluding steroid dienone is 4. The number of aromatic nitrogens is 2. The monoisotopic (exact) mass is 700 g/mol. The predicted molar refractivity (Wildman–Crippen MR) is 170 cm³/mol. The van der Waals surface area contributed by atoms with Gasteiger partial charge < -0.3 is 24.9 Å². The van der Waals surface area contributed by atoms with Crippen LogP contribution in [0.3, 0.4) is 0 Å². The molecule has 9 nitrogen and oxygen atoms in total. The summed E-state index contributed by atoms with van der Waals surface area (Å²) in [6, 6.07) is 8.34. The molecule has 1 aliphatic rings. The van der Waals surface area contributed by atoms with Crippen LogP contribution in [0.25, 0.3) is 11.0 Å². The summed E-state index contributed by atoms with van der Waals surface area (Å²) in [4.78, 5) is 4.66. The van der Waals surface area contributed by atoms with Gasteiger partial charge in [-0.2, -0.15) is 0 Å². The number of imidazole rings is 1. The van der Waals surface area contributed by atoms with E-state index in [0.29, 0.717) is 50.9 Å². The first-order valence-corrected chi connectivity index (χ1v) is 16.2. The molecule has 1 aromatic heterocycles. The Kier molecular flexibility index (Phi) is 10.1. The van der Waals surface area contributed by atoms with Gasteiger partial charge in [-0.05, 0) is 67.4 Å². The Hall–Kier alpha value is -2.71. The van der Waals surface area contributed by atoms with E-state index < -0.39 is 27.8 Å². The van der Waals surface area contributed by atoms with E-state index in [2.05, 4.69) is 31.0 Å². The zero-order chi connectivity index (χ0) is 31.7. The van der Waals surface area contributed by atoms with Gasteiger partial charge in [0.2, 0.25) is 16.0 Å². The Bertz CT molecular complexity index is 1670. The molecule has 43 heavy (non-hydrogen) atoms. The number of aryl methyl sites for hydroxylation is 1. The molecule has 0 aliphatic heterocycles. The summed E-state index contributed by atoms with van der Waals surface area (Å²) in [5.74, 6) is 0.523. The van der Waals surface area contributed by atoms with Crippen molar-refractivity contribution in [2.45, 2.75) is 58.4 Å². The molecule has 3 aromatic rings. The summed E-state index contributed by atoms with van der Waals surface area (Å²) < 4.78 is 60.9.